The van der Waals surface area contributed by atoms with Gasteiger partial charge in [-0.3, -0.25) is 4.79 Å². The summed E-state index contributed by atoms with van der Waals surface area (Å²) < 4.78 is 0. The van der Waals surface area contributed by atoms with E-state index < -0.39 is 0 Å². The Hall–Kier alpha value is -0.800. The zero-order valence-corrected chi connectivity index (χ0v) is 11.5. The number of carbonyl (C=O) groups excluding carboxylic acids is 1. The SMILES string of the molecule is C=CCC(CC=C)C(=O)NCCNCCC.Cl. The molecule has 0 fully saturated rings. The smallest absolute Gasteiger partial charge is 0.223 e. The number of hydrogen-bond donors (Lipinski definition) is 2. The summed E-state index contributed by atoms with van der Waals surface area (Å²) in [7, 11) is 0. The fraction of sp³-hybridized carbons (Fsp3) is 0.615. The number of nitrogens with one attached hydrogen (secondary N) is 2. The molecule has 0 radical (unpaired) electrons. The lowest BCUT2D eigenvalue weighted by Gasteiger charge is -2.13. The Morgan fingerprint density at radius 2 is 1.76 bits per heavy atom. The van der Waals surface area contributed by atoms with Gasteiger partial charge in [0.1, 0.15) is 0 Å². The molecular weight excluding hydrogens is 236 g/mol. The number of carbonyl (C=O) groups is 1. The molecule has 4 heteroatoms. The minimum atomic E-state index is -0.0128. The number of hydrogen-bond acceptors (Lipinski definition) is 2. The molecule has 0 aliphatic heterocycles. The quantitative estimate of drug-likeness (QED) is 0.467. The summed E-state index contributed by atoms with van der Waals surface area (Å²) in [4.78, 5) is 11.7. The molecule has 0 unspecified atom stereocenters. The van der Waals surface area contributed by atoms with Gasteiger partial charge in [-0.15, -0.1) is 25.6 Å². The molecule has 0 aromatic rings. The van der Waals surface area contributed by atoms with Gasteiger partial charge >= 0.3 is 0 Å². The lowest BCUT2D eigenvalue weighted by Crippen LogP contribution is -2.35. The van der Waals surface area contributed by atoms with Crippen LogP contribution < -0.4 is 10.6 Å². The van der Waals surface area contributed by atoms with Crippen LogP contribution in [0.1, 0.15) is 26.2 Å². The van der Waals surface area contributed by atoms with Crippen LogP contribution in [0.3, 0.4) is 0 Å². The van der Waals surface area contributed by atoms with Crippen molar-refractivity contribution in [3.05, 3.63) is 25.3 Å². The second-order valence-electron chi connectivity index (χ2n) is 3.79. The first-order valence-corrected chi connectivity index (χ1v) is 5.96. The van der Waals surface area contributed by atoms with Crippen molar-refractivity contribution in [1.82, 2.24) is 10.6 Å². The van der Waals surface area contributed by atoms with Gasteiger partial charge in [0, 0.05) is 19.0 Å². The number of allylic oxidation sites excluding steroid dienone is 2. The first-order chi connectivity index (χ1) is 7.76. The van der Waals surface area contributed by atoms with Crippen LogP contribution in [0.15, 0.2) is 25.3 Å². The second-order valence-corrected chi connectivity index (χ2v) is 3.79. The molecule has 0 heterocycles. The van der Waals surface area contributed by atoms with Crippen LogP contribution in [0.2, 0.25) is 0 Å². The third-order valence-electron chi connectivity index (χ3n) is 2.30. The van der Waals surface area contributed by atoms with Crippen LogP contribution in [0, 0.1) is 5.92 Å². The van der Waals surface area contributed by atoms with Crippen molar-refractivity contribution in [3.63, 3.8) is 0 Å². The lowest BCUT2D eigenvalue weighted by molar-refractivity contribution is -0.124. The minimum absolute atomic E-state index is 0. The summed E-state index contributed by atoms with van der Waals surface area (Å²) in [5.74, 6) is 0.0827. The first kappa shape index (κ1) is 18.6. The Labute approximate surface area is 111 Å². The minimum Gasteiger partial charge on any atom is -0.355 e. The predicted molar refractivity (Wildman–Crippen MR) is 76.5 cm³/mol. The first-order valence-electron chi connectivity index (χ1n) is 5.96. The highest BCUT2D eigenvalue weighted by molar-refractivity contribution is 5.85. The number of halogens is 1. The molecule has 0 spiro atoms. The van der Waals surface area contributed by atoms with Crippen molar-refractivity contribution in [1.29, 1.82) is 0 Å². The monoisotopic (exact) mass is 260 g/mol. The van der Waals surface area contributed by atoms with E-state index in [4.69, 9.17) is 0 Å². The van der Waals surface area contributed by atoms with Crippen LogP contribution in [-0.2, 0) is 4.79 Å². The molecule has 1 amide bonds. The van der Waals surface area contributed by atoms with Gasteiger partial charge in [-0.05, 0) is 25.8 Å². The summed E-state index contributed by atoms with van der Waals surface area (Å²) in [5, 5.41) is 6.15. The highest BCUT2D eigenvalue weighted by Crippen LogP contribution is 2.09. The average molecular weight is 261 g/mol. The number of amides is 1. The Morgan fingerprint density at radius 3 is 2.24 bits per heavy atom. The van der Waals surface area contributed by atoms with Crippen molar-refractivity contribution in [2.45, 2.75) is 26.2 Å². The van der Waals surface area contributed by atoms with Crippen LogP contribution >= 0.6 is 12.4 Å². The van der Waals surface area contributed by atoms with Crippen LogP contribution in [0.5, 0.6) is 0 Å². The summed E-state index contributed by atoms with van der Waals surface area (Å²) in [6.07, 6.45) is 6.09. The largest absolute Gasteiger partial charge is 0.355 e. The predicted octanol–water partition coefficient (Wildman–Crippen LogP) is 2.29. The highest BCUT2D eigenvalue weighted by atomic mass is 35.5. The van der Waals surface area contributed by atoms with E-state index in [9.17, 15) is 4.79 Å². The van der Waals surface area contributed by atoms with E-state index in [0.717, 1.165) is 19.5 Å². The molecule has 100 valence electrons. The topological polar surface area (TPSA) is 41.1 Å². The summed E-state index contributed by atoms with van der Waals surface area (Å²) in [6.45, 7) is 12.0. The molecule has 0 aliphatic rings. The van der Waals surface area contributed by atoms with Crippen LogP contribution in [-0.4, -0.2) is 25.5 Å². The molecular formula is C13H25ClN2O. The number of rotatable bonds is 10. The van der Waals surface area contributed by atoms with Crippen molar-refractivity contribution in [2.75, 3.05) is 19.6 Å². The molecule has 0 saturated heterocycles. The van der Waals surface area contributed by atoms with E-state index >= 15 is 0 Å². The van der Waals surface area contributed by atoms with Crippen molar-refractivity contribution < 1.29 is 4.79 Å². The van der Waals surface area contributed by atoms with E-state index in [1.54, 1.807) is 12.2 Å². The average Bonchev–Trinajstić information content (AvgIpc) is 2.28. The molecule has 2 N–H and O–H groups in total. The molecule has 0 rings (SSSR count). The molecule has 17 heavy (non-hydrogen) atoms. The Kier molecular flexibility index (Phi) is 14.5. The molecule has 0 aromatic heterocycles. The van der Waals surface area contributed by atoms with Crippen molar-refractivity contribution in [3.8, 4) is 0 Å². The van der Waals surface area contributed by atoms with Gasteiger partial charge in [-0.25, -0.2) is 0 Å². The lowest BCUT2D eigenvalue weighted by atomic mass is 10.0. The van der Waals surface area contributed by atoms with E-state index in [1.807, 2.05) is 0 Å². The normalized spacial score (nSPS) is 9.53. The van der Waals surface area contributed by atoms with Gasteiger partial charge in [0.15, 0.2) is 0 Å². The van der Waals surface area contributed by atoms with Gasteiger partial charge in [0.05, 0.1) is 0 Å². The van der Waals surface area contributed by atoms with Crippen LogP contribution in [0.25, 0.3) is 0 Å². The Balaban J connectivity index is 0. The molecule has 0 atom stereocenters. The van der Waals surface area contributed by atoms with E-state index in [-0.39, 0.29) is 24.2 Å². The maximum Gasteiger partial charge on any atom is 0.223 e. The van der Waals surface area contributed by atoms with E-state index in [0.29, 0.717) is 19.4 Å². The zero-order chi connectivity index (χ0) is 12.2. The third kappa shape index (κ3) is 10.1. The fourth-order valence-corrected chi connectivity index (χ4v) is 1.43. The standard InChI is InChI=1S/C13H24N2O.ClH/c1-4-7-12(8-5-2)13(16)15-11-10-14-9-6-3;/h4-5,12,14H,1-2,6-11H2,3H3,(H,15,16);1H. The third-order valence-corrected chi connectivity index (χ3v) is 2.30. The fourth-order valence-electron chi connectivity index (χ4n) is 1.43. The summed E-state index contributed by atoms with van der Waals surface area (Å²) in [6, 6.07) is 0. The maximum atomic E-state index is 11.7. The van der Waals surface area contributed by atoms with Crippen LogP contribution in [0.4, 0.5) is 0 Å². The highest BCUT2D eigenvalue weighted by Gasteiger charge is 2.14. The second kappa shape index (κ2) is 13.3. The molecule has 0 aromatic carbocycles. The van der Waals surface area contributed by atoms with Crippen molar-refractivity contribution in [2.24, 2.45) is 5.92 Å². The van der Waals surface area contributed by atoms with Gasteiger partial charge < -0.3 is 10.6 Å². The van der Waals surface area contributed by atoms with Gasteiger partial charge in [-0.1, -0.05) is 19.1 Å². The Bertz CT molecular complexity index is 209. The molecule has 0 saturated carbocycles. The maximum absolute atomic E-state index is 11.7. The summed E-state index contributed by atoms with van der Waals surface area (Å²) in [5.41, 5.74) is 0. The van der Waals surface area contributed by atoms with Crippen molar-refractivity contribution >= 4 is 18.3 Å². The van der Waals surface area contributed by atoms with Gasteiger partial charge in [-0.2, -0.15) is 0 Å². The zero-order valence-electron chi connectivity index (χ0n) is 10.7. The van der Waals surface area contributed by atoms with E-state index in [1.165, 1.54) is 0 Å². The molecule has 0 bridgehead atoms. The van der Waals surface area contributed by atoms with Gasteiger partial charge in [0.25, 0.3) is 0 Å². The van der Waals surface area contributed by atoms with Gasteiger partial charge in [0.2, 0.25) is 5.91 Å². The summed E-state index contributed by atoms with van der Waals surface area (Å²) >= 11 is 0. The Morgan fingerprint density at radius 1 is 1.18 bits per heavy atom. The van der Waals surface area contributed by atoms with E-state index in [2.05, 4.69) is 30.7 Å². The molecule has 3 nitrogen and oxygen atoms in total. The molecule has 0 aliphatic carbocycles.